The minimum atomic E-state index is 0.392. The molecule has 1 aliphatic heterocycles. The number of nitrogens with zero attached hydrogens (tertiary/aromatic N) is 4. The predicted molar refractivity (Wildman–Crippen MR) is 109 cm³/mol. The van der Waals surface area contributed by atoms with E-state index in [4.69, 9.17) is 12.2 Å². The van der Waals surface area contributed by atoms with E-state index in [0.717, 1.165) is 31.6 Å². The second kappa shape index (κ2) is 8.95. The first-order valence-corrected chi connectivity index (χ1v) is 8.89. The van der Waals surface area contributed by atoms with Gasteiger partial charge < -0.3 is 15.5 Å². The molecule has 0 bridgehead atoms. The van der Waals surface area contributed by atoms with Crippen molar-refractivity contribution in [2.75, 3.05) is 35.3 Å². The van der Waals surface area contributed by atoms with Crippen LogP contribution >= 0.6 is 12.2 Å². The Morgan fingerprint density at radius 3 is 2.58 bits per heavy atom. The Kier molecular flexibility index (Phi) is 6.15. The molecule has 0 unspecified atom stereocenters. The smallest absolute Gasteiger partial charge is 0.248 e. The van der Waals surface area contributed by atoms with Crippen molar-refractivity contribution in [3.05, 3.63) is 43.0 Å². The SMILES string of the molecule is C=CCNC(=S)NNc1nc(Nc2ccccc2)nc(N2CCCC2)n1. The summed E-state index contributed by atoms with van der Waals surface area (Å²) in [5.74, 6) is 1.51. The molecule has 1 saturated heterocycles. The quantitative estimate of drug-likeness (QED) is 0.333. The summed E-state index contributed by atoms with van der Waals surface area (Å²) in [7, 11) is 0. The lowest BCUT2D eigenvalue weighted by Crippen LogP contribution is -2.39. The van der Waals surface area contributed by atoms with Gasteiger partial charge in [0.1, 0.15) is 0 Å². The van der Waals surface area contributed by atoms with Gasteiger partial charge in [-0.1, -0.05) is 24.3 Å². The highest BCUT2D eigenvalue weighted by molar-refractivity contribution is 7.80. The highest BCUT2D eigenvalue weighted by Gasteiger charge is 2.17. The first kappa shape index (κ1) is 17.9. The molecule has 3 rings (SSSR count). The normalized spacial score (nSPS) is 13.2. The zero-order chi connectivity index (χ0) is 18.2. The lowest BCUT2D eigenvalue weighted by molar-refractivity contribution is 0.873. The van der Waals surface area contributed by atoms with Crippen molar-refractivity contribution in [3.63, 3.8) is 0 Å². The Labute approximate surface area is 158 Å². The van der Waals surface area contributed by atoms with Crippen molar-refractivity contribution >= 4 is 40.9 Å². The van der Waals surface area contributed by atoms with Crippen LogP contribution in [-0.4, -0.2) is 39.7 Å². The number of nitrogens with one attached hydrogen (secondary N) is 4. The molecule has 1 fully saturated rings. The van der Waals surface area contributed by atoms with E-state index >= 15 is 0 Å². The van der Waals surface area contributed by atoms with Crippen LogP contribution in [0.4, 0.5) is 23.5 Å². The third kappa shape index (κ3) is 5.03. The summed E-state index contributed by atoms with van der Waals surface area (Å²) in [5.41, 5.74) is 6.70. The molecule has 2 aromatic rings. The lowest BCUT2D eigenvalue weighted by atomic mass is 10.3. The van der Waals surface area contributed by atoms with Crippen molar-refractivity contribution < 1.29 is 0 Å². The number of aromatic nitrogens is 3. The molecule has 9 heteroatoms. The van der Waals surface area contributed by atoms with Gasteiger partial charge in [0.15, 0.2) is 5.11 Å². The van der Waals surface area contributed by atoms with Gasteiger partial charge in [-0.2, -0.15) is 15.0 Å². The molecule has 1 aliphatic rings. The fourth-order valence-corrected chi connectivity index (χ4v) is 2.64. The molecular formula is C17H22N8S. The third-order valence-electron chi connectivity index (χ3n) is 3.74. The molecule has 136 valence electrons. The molecule has 26 heavy (non-hydrogen) atoms. The van der Waals surface area contributed by atoms with Crippen LogP contribution in [0, 0.1) is 0 Å². The first-order chi connectivity index (χ1) is 12.7. The van der Waals surface area contributed by atoms with Gasteiger partial charge in [-0.05, 0) is 37.2 Å². The molecule has 0 spiro atoms. The molecular weight excluding hydrogens is 348 g/mol. The summed E-state index contributed by atoms with van der Waals surface area (Å²) in [6.45, 7) is 6.11. The second-order valence-corrected chi connectivity index (χ2v) is 6.12. The lowest BCUT2D eigenvalue weighted by Gasteiger charge is -2.18. The van der Waals surface area contributed by atoms with Crippen LogP contribution in [0.2, 0.25) is 0 Å². The maximum atomic E-state index is 5.17. The van der Waals surface area contributed by atoms with Crippen molar-refractivity contribution in [3.8, 4) is 0 Å². The number of hydrogen-bond donors (Lipinski definition) is 4. The predicted octanol–water partition coefficient (Wildman–Crippen LogP) is 2.19. The Bertz CT molecular complexity index is 746. The summed E-state index contributed by atoms with van der Waals surface area (Å²) >= 11 is 5.17. The van der Waals surface area contributed by atoms with Gasteiger partial charge >= 0.3 is 0 Å². The first-order valence-electron chi connectivity index (χ1n) is 8.48. The minimum absolute atomic E-state index is 0.392. The Hall–Kier alpha value is -2.94. The average Bonchev–Trinajstić information content (AvgIpc) is 3.20. The number of anilines is 4. The van der Waals surface area contributed by atoms with Crippen molar-refractivity contribution in [1.82, 2.24) is 25.7 Å². The molecule has 0 saturated carbocycles. The highest BCUT2D eigenvalue weighted by Crippen LogP contribution is 2.20. The summed E-state index contributed by atoms with van der Waals surface area (Å²) in [4.78, 5) is 15.6. The number of hydrogen-bond acceptors (Lipinski definition) is 7. The van der Waals surface area contributed by atoms with Crippen LogP contribution in [0.15, 0.2) is 43.0 Å². The van der Waals surface area contributed by atoms with Crippen LogP contribution < -0.4 is 26.4 Å². The molecule has 8 nitrogen and oxygen atoms in total. The number of rotatable bonds is 7. The molecule has 4 N–H and O–H groups in total. The van der Waals surface area contributed by atoms with E-state index in [1.54, 1.807) is 6.08 Å². The van der Waals surface area contributed by atoms with Gasteiger partial charge in [-0.25, -0.2) is 0 Å². The van der Waals surface area contributed by atoms with E-state index in [1.807, 2.05) is 30.3 Å². The highest BCUT2D eigenvalue weighted by atomic mass is 32.1. The van der Waals surface area contributed by atoms with Gasteiger partial charge in [-0.3, -0.25) is 10.9 Å². The van der Waals surface area contributed by atoms with Crippen LogP contribution in [0.5, 0.6) is 0 Å². The molecule has 1 aromatic heterocycles. The number of thiocarbonyl (C=S) groups is 1. The molecule has 1 aromatic carbocycles. The van der Waals surface area contributed by atoms with Gasteiger partial charge in [0.2, 0.25) is 17.8 Å². The van der Waals surface area contributed by atoms with Gasteiger partial charge in [0, 0.05) is 25.3 Å². The summed E-state index contributed by atoms with van der Waals surface area (Å²) in [6, 6.07) is 9.78. The molecule has 0 amide bonds. The molecule has 0 radical (unpaired) electrons. The van der Waals surface area contributed by atoms with Crippen molar-refractivity contribution in [2.24, 2.45) is 0 Å². The van der Waals surface area contributed by atoms with Crippen molar-refractivity contribution in [1.29, 1.82) is 0 Å². The van der Waals surface area contributed by atoms with Crippen LogP contribution in [-0.2, 0) is 0 Å². The molecule has 0 aliphatic carbocycles. The number of para-hydroxylation sites is 1. The average molecular weight is 370 g/mol. The number of benzene rings is 1. The topological polar surface area (TPSA) is 90.0 Å². The fraction of sp³-hybridized carbons (Fsp3) is 0.294. The van der Waals surface area contributed by atoms with Gasteiger partial charge in [0.25, 0.3) is 0 Å². The summed E-state index contributed by atoms with van der Waals surface area (Å²) < 4.78 is 0. The Balaban J connectivity index is 1.76. The third-order valence-corrected chi connectivity index (χ3v) is 3.98. The van der Waals surface area contributed by atoms with E-state index in [9.17, 15) is 0 Å². The minimum Gasteiger partial charge on any atom is -0.358 e. The van der Waals surface area contributed by atoms with E-state index < -0.39 is 0 Å². The summed E-state index contributed by atoms with van der Waals surface area (Å²) in [6.07, 6.45) is 4.01. The summed E-state index contributed by atoms with van der Waals surface area (Å²) in [5, 5.41) is 6.62. The Morgan fingerprint density at radius 1 is 1.12 bits per heavy atom. The van der Waals surface area contributed by atoms with Gasteiger partial charge in [0.05, 0.1) is 0 Å². The van der Waals surface area contributed by atoms with Crippen LogP contribution in [0.1, 0.15) is 12.8 Å². The van der Waals surface area contributed by atoms with Gasteiger partial charge in [-0.15, -0.1) is 6.58 Å². The van der Waals surface area contributed by atoms with E-state index in [0.29, 0.717) is 29.5 Å². The van der Waals surface area contributed by atoms with E-state index in [-0.39, 0.29) is 0 Å². The Morgan fingerprint density at radius 2 is 1.85 bits per heavy atom. The molecule has 0 atom stereocenters. The van der Waals surface area contributed by atoms with E-state index in [2.05, 4.69) is 47.9 Å². The maximum absolute atomic E-state index is 5.17. The van der Waals surface area contributed by atoms with E-state index in [1.165, 1.54) is 0 Å². The standard InChI is InChI=1S/C17H22N8S/c1-2-10-18-17(26)24-23-15-20-14(19-13-8-4-3-5-9-13)21-16(22-15)25-11-6-7-12-25/h2-5,8-9H,1,6-7,10-12H2,(H2,18,24,26)(H2,19,20,21,22,23). The maximum Gasteiger partial charge on any atom is 0.248 e. The second-order valence-electron chi connectivity index (χ2n) is 5.72. The van der Waals surface area contributed by atoms with Crippen molar-refractivity contribution in [2.45, 2.75) is 12.8 Å². The number of hydrazine groups is 1. The largest absolute Gasteiger partial charge is 0.358 e. The molecule has 2 heterocycles. The zero-order valence-electron chi connectivity index (χ0n) is 14.4. The monoisotopic (exact) mass is 370 g/mol. The fourth-order valence-electron chi connectivity index (χ4n) is 2.51. The zero-order valence-corrected chi connectivity index (χ0v) is 15.2. The van der Waals surface area contributed by atoms with Crippen LogP contribution in [0.3, 0.4) is 0 Å². The van der Waals surface area contributed by atoms with Crippen LogP contribution in [0.25, 0.3) is 0 Å².